The molecule has 3 nitrogen and oxygen atoms in total. The molecule has 1 aromatic carbocycles. The number of amides is 1. The summed E-state index contributed by atoms with van der Waals surface area (Å²) in [5, 5.41) is 2.17. The van der Waals surface area contributed by atoms with E-state index in [1.807, 2.05) is 19.2 Å². The number of nitrogens with zero attached hydrogens (tertiary/aromatic N) is 1. The smallest absolute Gasteiger partial charge is 0.248 e. The fraction of sp³-hybridized carbons (Fsp3) is 0.357. The SMILES string of the molecule is Cn1cc(CCCCBr)c2cc(C(N)=O)ccc21. The van der Waals surface area contributed by atoms with E-state index in [0.717, 1.165) is 35.5 Å². The summed E-state index contributed by atoms with van der Waals surface area (Å²) < 4.78 is 2.10. The summed E-state index contributed by atoms with van der Waals surface area (Å²) in [7, 11) is 2.03. The second-order valence-corrected chi connectivity index (χ2v) is 5.30. The van der Waals surface area contributed by atoms with Crippen LogP contribution in [-0.4, -0.2) is 15.8 Å². The fourth-order valence-electron chi connectivity index (χ4n) is 2.24. The number of fused-ring (bicyclic) bond motifs is 1. The number of aryl methyl sites for hydroxylation is 2. The first kappa shape index (κ1) is 13.1. The first-order valence-corrected chi connectivity index (χ1v) is 7.19. The van der Waals surface area contributed by atoms with Crippen molar-refractivity contribution in [3.8, 4) is 0 Å². The zero-order valence-corrected chi connectivity index (χ0v) is 12.0. The maximum absolute atomic E-state index is 11.2. The molecule has 96 valence electrons. The van der Waals surface area contributed by atoms with Crippen LogP contribution < -0.4 is 5.73 Å². The number of unbranched alkanes of at least 4 members (excludes halogenated alkanes) is 1. The molecule has 0 atom stereocenters. The summed E-state index contributed by atoms with van der Waals surface area (Å²) in [6, 6.07) is 5.65. The molecule has 4 heteroatoms. The normalized spacial score (nSPS) is 11.0. The van der Waals surface area contributed by atoms with E-state index in [4.69, 9.17) is 5.73 Å². The minimum absolute atomic E-state index is 0.368. The average molecular weight is 309 g/mol. The number of primary amides is 1. The molecule has 0 spiro atoms. The Kier molecular flexibility index (Phi) is 4.07. The second kappa shape index (κ2) is 5.57. The van der Waals surface area contributed by atoms with Crippen LogP contribution in [0, 0.1) is 0 Å². The lowest BCUT2D eigenvalue weighted by Gasteiger charge is -2.00. The van der Waals surface area contributed by atoms with Crippen molar-refractivity contribution >= 4 is 32.7 Å². The van der Waals surface area contributed by atoms with Gasteiger partial charge in [0.1, 0.15) is 0 Å². The first-order valence-electron chi connectivity index (χ1n) is 6.07. The Morgan fingerprint density at radius 1 is 1.39 bits per heavy atom. The number of hydrogen-bond acceptors (Lipinski definition) is 1. The van der Waals surface area contributed by atoms with E-state index in [9.17, 15) is 4.79 Å². The molecule has 1 heterocycles. The number of carbonyl (C=O) groups excluding carboxylic acids is 1. The van der Waals surface area contributed by atoms with Crippen LogP contribution in [0.25, 0.3) is 10.9 Å². The van der Waals surface area contributed by atoms with Crippen molar-refractivity contribution in [2.75, 3.05) is 5.33 Å². The lowest BCUT2D eigenvalue weighted by atomic mass is 10.1. The molecule has 2 aromatic rings. The standard InChI is InChI=1S/C14H17BrN2O/c1-17-9-11(4-2-3-7-15)12-8-10(14(16)18)5-6-13(12)17/h5-6,8-9H,2-4,7H2,1H3,(H2,16,18). The van der Waals surface area contributed by atoms with E-state index in [1.165, 1.54) is 5.56 Å². The summed E-state index contributed by atoms with van der Waals surface area (Å²) in [4.78, 5) is 11.2. The third-order valence-electron chi connectivity index (χ3n) is 3.19. The molecular formula is C14H17BrN2O. The quantitative estimate of drug-likeness (QED) is 0.670. The summed E-state index contributed by atoms with van der Waals surface area (Å²) >= 11 is 3.44. The van der Waals surface area contributed by atoms with Gasteiger partial charge < -0.3 is 10.3 Å². The highest BCUT2D eigenvalue weighted by Gasteiger charge is 2.09. The largest absolute Gasteiger partial charge is 0.366 e. The second-order valence-electron chi connectivity index (χ2n) is 4.51. The predicted octanol–water partition coefficient (Wildman–Crippen LogP) is 2.99. The summed E-state index contributed by atoms with van der Waals surface area (Å²) in [6.07, 6.45) is 5.48. The number of alkyl halides is 1. The summed E-state index contributed by atoms with van der Waals surface area (Å²) in [6.45, 7) is 0. The van der Waals surface area contributed by atoms with Crippen LogP contribution in [0.3, 0.4) is 0 Å². The van der Waals surface area contributed by atoms with Gasteiger partial charge in [-0.25, -0.2) is 0 Å². The van der Waals surface area contributed by atoms with Crippen molar-refractivity contribution in [1.82, 2.24) is 4.57 Å². The van der Waals surface area contributed by atoms with Crippen LogP contribution >= 0.6 is 15.9 Å². The lowest BCUT2D eigenvalue weighted by Crippen LogP contribution is -2.10. The first-order chi connectivity index (χ1) is 8.63. The highest BCUT2D eigenvalue weighted by molar-refractivity contribution is 9.09. The lowest BCUT2D eigenvalue weighted by molar-refractivity contribution is 0.100. The van der Waals surface area contributed by atoms with Crippen LogP contribution in [0.15, 0.2) is 24.4 Å². The van der Waals surface area contributed by atoms with Crippen molar-refractivity contribution in [2.45, 2.75) is 19.3 Å². The van der Waals surface area contributed by atoms with E-state index >= 15 is 0 Å². The number of nitrogens with two attached hydrogens (primary N) is 1. The topological polar surface area (TPSA) is 48.0 Å². The van der Waals surface area contributed by atoms with Crippen LogP contribution in [0.2, 0.25) is 0 Å². The number of rotatable bonds is 5. The van der Waals surface area contributed by atoms with E-state index < -0.39 is 0 Å². The highest BCUT2D eigenvalue weighted by Crippen LogP contribution is 2.23. The molecular weight excluding hydrogens is 292 g/mol. The van der Waals surface area contributed by atoms with Gasteiger partial charge in [0.25, 0.3) is 0 Å². The third kappa shape index (κ3) is 2.58. The van der Waals surface area contributed by atoms with Gasteiger partial charge >= 0.3 is 0 Å². The molecule has 2 rings (SSSR count). The zero-order valence-electron chi connectivity index (χ0n) is 10.4. The van der Waals surface area contributed by atoms with Gasteiger partial charge in [0, 0.05) is 35.0 Å². The summed E-state index contributed by atoms with van der Waals surface area (Å²) in [5.74, 6) is -0.368. The third-order valence-corrected chi connectivity index (χ3v) is 3.75. The van der Waals surface area contributed by atoms with Gasteiger partial charge in [-0.1, -0.05) is 15.9 Å². The Balaban J connectivity index is 2.39. The molecule has 1 aromatic heterocycles. The van der Waals surface area contributed by atoms with Crippen molar-refractivity contribution in [3.05, 3.63) is 35.5 Å². The molecule has 1 amide bonds. The van der Waals surface area contributed by atoms with Gasteiger partial charge in [0.05, 0.1) is 0 Å². The molecule has 0 fully saturated rings. The maximum Gasteiger partial charge on any atom is 0.248 e. The number of carbonyl (C=O) groups is 1. The Morgan fingerprint density at radius 3 is 2.83 bits per heavy atom. The molecule has 2 N–H and O–H groups in total. The van der Waals surface area contributed by atoms with Gasteiger partial charge in [-0.05, 0) is 43.0 Å². The Morgan fingerprint density at radius 2 is 2.17 bits per heavy atom. The van der Waals surface area contributed by atoms with Crippen LogP contribution in [-0.2, 0) is 13.5 Å². The molecule has 0 unspecified atom stereocenters. The van der Waals surface area contributed by atoms with Crippen molar-refractivity contribution in [3.63, 3.8) is 0 Å². The predicted molar refractivity (Wildman–Crippen MR) is 78.2 cm³/mol. The van der Waals surface area contributed by atoms with Crippen LogP contribution in [0.5, 0.6) is 0 Å². The number of aromatic nitrogens is 1. The van der Waals surface area contributed by atoms with E-state index in [2.05, 4.69) is 26.7 Å². The Hall–Kier alpha value is -1.29. The van der Waals surface area contributed by atoms with Crippen LogP contribution in [0.4, 0.5) is 0 Å². The zero-order chi connectivity index (χ0) is 13.1. The van der Waals surface area contributed by atoms with Gasteiger partial charge in [-0.2, -0.15) is 0 Å². The number of hydrogen-bond donors (Lipinski definition) is 1. The monoisotopic (exact) mass is 308 g/mol. The molecule has 0 aliphatic heterocycles. The van der Waals surface area contributed by atoms with Crippen LogP contribution in [0.1, 0.15) is 28.8 Å². The Bertz CT molecular complexity index is 574. The highest BCUT2D eigenvalue weighted by atomic mass is 79.9. The summed E-state index contributed by atoms with van der Waals surface area (Å²) in [5.41, 5.74) is 8.35. The molecule has 0 saturated heterocycles. The minimum Gasteiger partial charge on any atom is -0.366 e. The van der Waals surface area contributed by atoms with E-state index in [-0.39, 0.29) is 5.91 Å². The van der Waals surface area contributed by atoms with Crippen molar-refractivity contribution < 1.29 is 4.79 Å². The molecule has 0 saturated carbocycles. The number of benzene rings is 1. The molecule has 0 aliphatic rings. The number of halogens is 1. The van der Waals surface area contributed by atoms with Crippen molar-refractivity contribution in [1.29, 1.82) is 0 Å². The average Bonchev–Trinajstić information content (AvgIpc) is 2.66. The molecule has 18 heavy (non-hydrogen) atoms. The molecule has 0 bridgehead atoms. The fourth-order valence-corrected chi connectivity index (χ4v) is 2.63. The van der Waals surface area contributed by atoms with E-state index in [1.54, 1.807) is 6.07 Å². The molecule has 0 aliphatic carbocycles. The minimum atomic E-state index is -0.368. The molecule has 0 radical (unpaired) electrons. The van der Waals surface area contributed by atoms with Gasteiger partial charge in [0.2, 0.25) is 5.91 Å². The maximum atomic E-state index is 11.2. The van der Waals surface area contributed by atoms with Gasteiger partial charge in [-0.3, -0.25) is 4.79 Å². The van der Waals surface area contributed by atoms with E-state index in [0.29, 0.717) is 5.56 Å². The Labute approximate surface area is 115 Å². The van der Waals surface area contributed by atoms with Gasteiger partial charge in [-0.15, -0.1) is 0 Å². The van der Waals surface area contributed by atoms with Gasteiger partial charge in [0.15, 0.2) is 0 Å². The van der Waals surface area contributed by atoms with Crippen molar-refractivity contribution in [2.24, 2.45) is 12.8 Å².